The predicted molar refractivity (Wildman–Crippen MR) is 78.9 cm³/mol. The summed E-state index contributed by atoms with van der Waals surface area (Å²) in [6.45, 7) is 2.82. The summed E-state index contributed by atoms with van der Waals surface area (Å²) in [5.74, 6) is 1.10. The van der Waals surface area contributed by atoms with Crippen LogP contribution in [-0.2, 0) is 6.42 Å². The highest BCUT2D eigenvalue weighted by Gasteiger charge is 2.37. The number of ether oxygens (including phenoxy) is 1. The maximum atomic E-state index is 12.9. The van der Waals surface area contributed by atoms with Crippen LogP contribution in [0.1, 0.15) is 54.9 Å². The zero-order valence-electron chi connectivity index (χ0n) is 11.3. The molecular formula is C16H19BrO2. The molecule has 2 nitrogen and oxygen atoms in total. The third-order valence-corrected chi connectivity index (χ3v) is 4.96. The number of rotatable bonds is 2. The molecule has 3 heteroatoms. The molecule has 0 amide bonds. The molecule has 1 fully saturated rings. The lowest BCUT2D eigenvalue weighted by molar-refractivity contribution is 0.0746. The van der Waals surface area contributed by atoms with Gasteiger partial charge >= 0.3 is 0 Å². The molecule has 1 aliphatic carbocycles. The van der Waals surface area contributed by atoms with E-state index in [1.165, 1.54) is 19.3 Å². The number of hydrogen-bond acceptors (Lipinski definition) is 2. The molecule has 3 rings (SSSR count). The smallest absolute Gasteiger partial charge is 0.172 e. The van der Waals surface area contributed by atoms with E-state index in [9.17, 15) is 4.79 Å². The van der Waals surface area contributed by atoms with Crippen molar-refractivity contribution in [3.63, 3.8) is 0 Å². The van der Waals surface area contributed by atoms with E-state index in [4.69, 9.17) is 4.74 Å². The minimum absolute atomic E-state index is 0.196. The zero-order valence-corrected chi connectivity index (χ0v) is 12.9. The summed E-state index contributed by atoms with van der Waals surface area (Å²) < 4.78 is 6.69. The van der Waals surface area contributed by atoms with Crippen molar-refractivity contribution in [2.75, 3.05) is 6.61 Å². The Balaban J connectivity index is 2.00. The van der Waals surface area contributed by atoms with Crippen LogP contribution < -0.4 is 4.74 Å². The van der Waals surface area contributed by atoms with Crippen LogP contribution in [0.3, 0.4) is 0 Å². The fourth-order valence-electron chi connectivity index (χ4n) is 3.32. The minimum atomic E-state index is -0.196. The Hall–Kier alpha value is -0.830. The second-order valence-corrected chi connectivity index (χ2v) is 6.91. The SMILES string of the molecule is CC1(C(=O)c2cc(Br)cc3c2OCC3)CCCCC1. The third kappa shape index (κ3) is 2.33. The largest absolute Gasteiger partial charge is 0.492 e. The van der Waals surface area contributed by atoms with E-state index in [0.29, 0.717) is 6.61 Å². The van der Waals surface area contributed by atoms with E-state index in [2.05, 4.69) is 28.9 Å². The fourth-order valence-corrected chi connectivity index (χ4v) is 3.83. The van der Waals surface area contributed by atoms with Gasteiger partial charge in [-0.05, 0) is 30.5 Å². The van der Waals surface area contributed by atoms with Gasteiger partial charge in [0, 0.05) is 16.3 Å². The molecule has 0 spiro atoms. The quantitative estimate of drug-likeness (QED) is 0.747. The van der Waals surface area contributed by atoms with Crippen molar-refractivity contribution in [3.05, 3.63) is 27.7 Å². The molecule has 19 heavy (non-hydrogen) atoms. The van der Waals surface area contributed by atoms with Gasteiger partial charge < -0.3 is 4.74 Å². The summed E-state index contributed by atoms with van der Waals surface area (Å²) in [4.78, 5) is 12.9. The second-order valence-electron chi connectivity index (χ2n) is 5.99. The molecule has 1 aromatic rings. The van der Waals surface area contributed by atoms with Gasteiger partial charge in [0.05, 0.1) is 12.2 Å². The number of benzene rings is 1. The number of fused-ring (bicyclic) bond motifs is 1. The predicted octanol–water partition coefficient (Wildman–Crippen LogP) is 4.54. The van der Waals surface area contributed by atoms with Crippen molar-refractivity contribution >= 4 is 21.7 Å². The van der Waals surface area contributed by atoms with Gasteiger partial charge in [0.2, 0.25) is 0 Å². The molecule has 0 atom stereocenters. The second kappa shape index (κ2) is 4.93. The fraction of sp³-hybridized carbons (Fsp3) is 0.562. The van der Waals surface area contributed by atoms with Gasteiger partial charge in [-0.15, -0.1) is 0 Å². The molecule has 0 saturated heterocycles. The van der Waals surface area contributed by atoms with Crippen LogP contribution in [0.2, 0.25) is 0 Å². The first kappa shape index (κ1) is 13.2. The number of carbonyl (C=O) groups excluding carboxylic acids is 1. The number of halogens is 1. The Bertz CT molecular complexity index is 516. The lowest BCUT2D eigenvalue weighted by Gasteiger charge is -2.32. The van der Waals surface area contributed by atoms with Gasteiger partial charge in [0.1, 0.15) is 5.75 Å². The molecule has 0 unspecified atom stereocenters. The molecule has 1 heterocycles. The average molecular weight is 323 g/mol. The van der Waals surface area contributed by atoms with E-state index in [1.807, 2.05) is 6.07 Å². The number of hydrogen-bond donors (Lipinski definition) is 0. The highest BCUT2D eigenvalue weighted by atomic mass is 79.9. The Kier molecular flexibility index (Phi) is 3.42. The maximum Gasteiger partial charge on any atom is 0.172 e. The van der Waals surface area contributed by atoms with E-state index in [0.717, 1.165) is 40.6 Å². The van der Waals surface area contributed by atoms with E-state index in [1.54, 1.807) is 0 Å². The molecule has 1 aliphatic heterocycles. The average Bonchev–Trinajstić information content (AvgIpc) is 2.85. The van der Waals surface area contributed by atoms with E-state index < -0.39 is 0 Å². The summed E-state index contributed by atoms with van der Waals surface area (Å²) in [6.07, 6.45) is 6.51. The van der Waals surface area contributed by atoms with Crippen LogP contribution >= 0.6 is 15.9 Å². The summed E-state index contributed by atoms with van der Waals surface area (Å²) in [7, 11) is 0. The van der Waals surface area contributed by atoms with Crippen molar-refractivity contribution < 1.29 is 9.53 Å². The van der Waals surface area contributed by atoms with Crippen LogP contribution in [0.15, 0.2) is 16.6 Å². The number of Topliss-reactive ketones (excluding diaryl/α,β-unsaturated/α-hetero) is 1. The van der Waals surface area contributed by atoms with Gasteiger partial charge in [0.25, 0.3) is 0 Å². The highest BCUT2D eigenvalue weighted by molar-refractivity contribution is 9.10. The van der Waals surface area contributed by atoms with Crippen molar-refractivity contribution in [2.24, 2.45) is 5.41 Å². The standard InChI is InChI=1S/C16H19BrO2/c1-16(6-3-2-4-7-16)15(18)13-10-12(17)9-11-5-8-19-14(11)13/h9-10H,2-8H2,1H3. The van der Waals surface area contributed by atoms with Crippen molar-refractivity contribution in [2.45, 2.75) is 45.4 Å². The van der Waals surface area contributed by atoms with Crippen molar-refractivity contribution in [3.8, 4) is 5.75 Å². The molecule has 0 bridgehead atoms. The topological polar surface area (TPSA) is 26.3 Å². The van der Waals surface area contributed by atoms with Gasteiger partial charge in [-0.1, -0.05) is 42.1 Å². The van der Waals surface area contributed by atoms with Crippen LogP contribution in [0.4, 0.5) is 0 Å². The van der Waals surface area contributed by atoms with E-state index >= 15 is 0 Å². The lowest BCUT2D eigenvalue weighted by Crippen LogP contribution is -2.30. The summed E-state index contributed by atoms with van der Waals surface area (Å²) >= 11 is 3.52. The van der Waals surface area contributed by atoms with Crippen LogP contribution in [0.25, 0.3) is 0 Å². The van der Waals surface area contributed by atoms with Crippen molar-refractivity contribution in [1.29, 1.82) is 0 Å². The van der Waals surface area contributed by atoms with Crippen LogP contribution in [0, 0.1) is 5.41 Å². The Morgan fingerprint density at radius 2 is 2.00 bits per heavy atom. The van der Waals surface area contributed by atoms with E-state index in [-0.39, 0.29) is 11.2 Å². The lowest BCUT2D eigenvalue weighted by atomic mass is 9.71. The number of ketones is 1. The van der Waals surface area contributed by atoms with Crippen LogP contribution in [0.5, 0.6) is 5.75 Å². The number of carbonyl (C=O) groups is 1. The zero-order chi connectivity index (χ0) is 13.5. The Morgan fingerprint density at radius 3 is 2.74 bits per heavy atom. The van der Waals surface area contributed by atoms with Crippen LogP contribution in [-0.4, -0.2) is 12.4 Å². The van der Waals surface area contributed by atoms with Crippen molar-refractivity contribution in [1.82, 2.24) is 0 Å². The molecule has 1 saturated carbocycles. The summed E-state index contributed by atoms with van der Waals surface area (Å²) in [5.41, 5.74) is 1.75. The first-order valence-corrected chi connectivity index (χ1v) is 7.89. The van der Waals surface area contributed by atoms with Gasteiger partial charge in [0.15, 0.2) is 5.78 Å². The first-order chi connectivity index (χ1) is 9.10. The monoisotopic (exact) mass is 322 g/mol. The first-order valence-electron chi connectivity index (χ1n) is 7.10. The maximum absolute atomic E-state index is 12.9. The van der Waals surface area contributed by atoms with Gasteiger partial charge in [-0.3, -0.25) is 4.79 Å². The Labute approximate surface area is 122 Å². The summed E-state index contributed by atoms with van der Waals surface area (Å²) in [5, 5.41) is 0. The summed E-state index contributed by atoms with van der Waals surface area (Å²) in [6, 6.07) is 4.01. The third-order valence-electron chi connectivity index (χ3n) is 4.50. The van der Waals surface area contributed by atoms with Gasteiger partial charge in [-0.2, -0.15) is 0 Å². The molecule has 0 radical (unpaired) electrons. The van der Waals surface area contributed by atoms with Gasteiger partial charge in [-0.25, -0.2) is 0 Å². The molecular weight excluding hydrogens is 304 g/mol. The molecule has 2 aliphatic rings. The Morgan fingerprint density at radius 1 is 1.26 bits per heavy atom. The molecule has 102 valence electrons. The molecule has 0 N–H and O–H groups in total. The minimum Gasteiger partial charge on any atom is -0.492 e. The highest BCUT2D eigenvalue weighted by Crippen LogP contribution is 2.42. The molecule has 1 aromatic carbocycles. The normalized spacial score (nSPS) is 20.7. The molecule has 0 aromatic heterocycles.